The molecule has 0 aromatic heterocycles. The van der Waals surface area contributed by atoms with Crippen LogP contribution in [0.3, 0.4) is 0 Å². The number of amides is 6. The number of likely N-dealkylation sites (tertiary alicyclic amines) is 1. The SMILES string of the molecule is CC(C)(C1CCC1)C1C[C@@H](C(=O)NC(CC2CCC2)C(=O)C(N)=O)N(C(=O)CNC(=O)N[C@H](C(=O)N2CCNCC2(C)C)C(C)(C)C)C1. The minimum absolute atomic E-state index is 0.0264. The van der Waals surface area contributed by atoms with E-state index in [1.54, 1.807) is 4.90 Å². The molecule has 2 heterocycles. The Morgan fingerprint density at radius 2 is 1.58 bits per heavy atom. The summed E-state index contributed by atoms with van der Waals surface area (Å²) in [6, 6.07) is -3.38. The van der Waals surface area contributed by atoms with Crippen molar-refractivity contribution in [3.8, 4) is 0 Å². The smallest absolute Gasteiger partial charge is 0.315 e. The van der Waals surface area contributed by atoms with Gasteiger partial charge in [-0.05, 0) is 68.1 Å². The van der Waals surface area contributed by atoms with Crippen molar-refractivity contribution in [3.05, 3.63) is 0 Å². The minimum atomic E-state index is -1.09. The van der Waals surface area contributed by atoms with Crippen LogP contribution in [0.15, 0.2) is 0 Å². The molecule has 0 bridgehead atoms. The summed E-state index contributed by atoms with van der Waals surface area (Å²) < 4.78 is 0. The van der Waals surface area contributed by atoms with E-state index in [1.165, 1.54) is 4.90 Å². The third-order valence-electron chi connectivity index (χ3n) is 11.7. The number of carbonyl (C=O) groups is 6. The number of nitrogens with zero attached hydrogens (tertiary/aromatic N) is 2. The number of Topliss-reactive ketones (excluding diaryl/α,β-unsaturated/α-hetero) is 1. The van der Waals surface area contributed by atoms with Crippen molar-refractivity contribution in [2.24, 2.45) is 34.3 Å². The maximum absolute atomic E-state index is 13.8. The topological polar surface area (TPSA) is 183 Å². The Kier molecular flexibility index (Phi) is 11.5. The number of hydrogen-bond donors (Lipinski definition) is 5. The van der Waals surface area contributed by atoms with Crippen LogP contribution in [0, 0.1) is 28.6 Å². The van der Waals surface area contributed by atoms with E-state index in [1.807, 2.05) is 34.6 Å². The number of piperazine rings is 1. The molecule has 2 aliphatic heterocycles. The molecule has 2 unspecified atom stereocenters. The zero-order chi connectivity index (χ0) is 35.6. The molecule has 13 nitrogen and oxygen atoms in total. The van der Waals surface area contributed by atoms with Gasteiger partial charge in [0.05, 0.1) is 12.6 Å². The van der Waals surface area contributed by atoms with Crippen molar-refractivity contribution < 1.29 is 28.8 Å². The minimum Gasteiger partial charge on any atom is -0.363 e. The van der Waals surface area contributed by atoms with Crippen molar-refractivity contribution in [1.82, 2.24) is 31.1 Å². The van der Waals surface area contributed by atoms with Crippen LogP contribution in [0.25, 0.3) is 0 Å². The van der Waals surface area contributed by atoms with E-state index in [2.05, 4.69) is 35.1 Å². The van der Waals surface area contributed by atoms with Gasteiger partial charge >= 0.3 is 6.03 Å². The molecule has 13 heteroatoms. The molecule has 4 fully saturated rings. The molecule has 6 N–H and O–H groups in total. The van der Waals surface area contributed by atoms with Crippen molar-refractivity contribution >= 4 is 35.4 Å². The van der Waals surface area contributed by atoms with Crippen LogP contribution in [0.5, 0.6) is 0 Å². The first kappa shape index (κ1) is 37.6. The largest absolute Gasteiger partial charge is 0.363 e. The Morgan fingerprint density at radius 1 is 0.938 bits per heavy atom. The van der Waals surface area contributed by atoms with Gasteiger partial charge in [-0.25, -0.2) is 4.79 Å². The quantitative estimate of drug-likeness (QED) is 0.195. The van der Waals surface area contributed by atoms with E-state index in [4.69, 9.17) is 5.73 Å². The van der Waals surface area contributed by atoms with Crippen LogP contribution in [0.4, 0.5) is 4.79 Å². The zero-order valence-corrected chi connectivity index (χ0v) is 30.1. The second kappa shape index (κ2) is 14.7. The average Bonchev–Trinajstić information content (AvgIpc) is 3.40. The summed E-state index contributed by atoms with van der Waals surface area (Å²) in [5.41, 5.74) is 4.18. The highest BCUT2D eigenvalue weighted by Gasteiger charge is 2.49. The van der Waals surface area contributed by atoms with Gasteiger partial charge in [-0.2, -0.15) is 0 Å². The lowest BCUT2D eigenvalue weighted by Gasteiger charge is -2.46. The number of nitrogens with one attached hydrogen (secondary N) is 4. The standard InChI is InChI=1S/C35H59N7O6/c1-33(2,3)28(31(47)42-15-14-37-20-34(42,4)5)40-32(48)38-18-26(43)41-19-23(35(6,7)22-12-9-13-22)17-25(41)30(46)39-24(27(44)29(36)45)16-21-10-8-11-21/h21-25,28,37H,8-20H2,1-7H3,(H2,36,45)(H,39,46)(H2,38,40,48)/t23?,24?,25-,28+/m0/s1. The van der Waals surface area contributed by atoms with Crippen molar-refractivity contribution in [1.29, 1.82) is 0 Å². The number of carbonyl (C=O) groups excluding carboxylic acids is 6. The molecule has 0 aromatic rings. The van der Waals surface area contributed by atoms with E-state index >= 15 is 0 Å². The molecule has 4 aliphatic rings. The number of rotatable bonds is 12. The normalized spacial score (nSPS) is 24.5. The molecule has 2 saturated heterocycles. The Balaban J connectivity index is 1.46. The van der Waals surface area contributed by atoms with Gasteiger partial charge in [0, 0.05) is 31.7 Å². The maximum atomic E-state index is 13.8. The molecule has 270 valence electrons. The second-order valence-electron chi connectivity index (χ2n) is 16.9. The maximum Gasteiger partial charge on any atom is 0.315 e. The first-order valence-electron chi connectivity index (χ1n) is 17.8. The predicted octanol–water partition coefficient (Wildman–Crippen LogP) is 1.68. The summed E-state index contributed by atoms with van der Waals surface area (Å²) in [7, 11) is 0. The average molecular weight is 674 g/mol. The summed E-state index contributed by atoms with van der Waals surface area (Å²) in [5, 5.41) is 11.6. The fraction of sp³-hybridized carbons (Fsp3) is 0.829. The lowest BCUT2D eigenvalue weighted by Crippen LogP contribution is -2.66. The molecule has 0 aromatic carbocycles. The summed E-state index contributed by atoms with van der Waals surface area (Å²) in [6.07, 6.45) is 7.00. The molecule has 2 aliphatic carbocycles. The molecular weight excluding hydrogens is 614 g/mol. The number of primary amides is 1. The zero-order valence-electron chi connectivity index (χ0n) is 30.1. The van der Waals surface area contributed by atoms with Crippen molar-refractivity contribution in [2.45, 2.75) is 123 Å². The highest BCUT2D eigenvalue weighted by molar-refractivity contribution is 6.37. The molecule has 2 saturated carbocycles. The van der Waals surface area contributed by atoms with E-state index in [-0.39, 0.29) is 29.7 Å². The van der Waals surface area contributed by atoms with Gasteiger partial charge in [0.2, 0.25) is 23.5 Å². The summed E-state index contributed by atoms with van der Waals surface area (Å²) in [5.74, 6) is -2.29. The van der Waals surface area contributed by atoms with Crippen LogP contribution < -0.4 is 27.0 Å². The predicted molar refractivity (Wildman–Crippen MR) is 181 cm³/mol. The Morgan fingerprint density at radius 3 is 2.10 bits per heavy atom. The van der Waals surface area contributed by atoms with E-state index in [9.17, 15) is 28.8 Å². The molecule has 4 atom stereocenters. The highest BCUT2D eigenvalue weighted by atomic mass is 16.2. The van der Waals surface area contributed by atoms with Crippen LogP contribution in [-0.4, -0.2) is 102 Å². The van der Waals surface area contributed by atoms with Gasteiger partial charge in [0.25, 0.3) is 5.91 Å². The Bertz CT molecular complexity index is 1250. The summed E-state index contributed by atoms with van der Waals surface area (Å²) in [6.45, 7) is 15.8. The lowest BCUT2D eigenvalue weighted by atomic mass is 9.61. The third-order valence-corrected chi connectivity index (χ3v) is 11.7. The van der Waals surface area contributed by atoms with Gasteiger partial charge in [0.15, 0.2) is 0 Å². The summed E-state index contributed by atoms with van der Waals surface area (Å²) >= 11 is 0. The van der Waals surface area contributed by atoms with E-state index in [0.29, 0.717) is 44.9 Å². The molecular formula is C35H59N7O6. The number of nitrogens with two attached hydrogens (primary N) is 1. The highest BCUT2D eigenvalue weighted by Crippen LogP contribution is 2.50. The molecule has 0 spiro atoms. The van der Waals surface area contributed by atoms with Crippen LogP contribution in [0.1, 0.15) is 99.8 Å². The summed E-state index contributed by atoms with van der Waals surface area (Å²) in [4.78, 5) is 82.4. The number of urea groups is 1. The first-order chi connectivity index (χ1) is 22.3. The molecule has 0 radical (unpaired) electrons. The van der Waals surface area contributed by atoms with Gasteiger partial charge in [0.1, 0.15) is 12.1 Å². The lowest BCUT2D eigenvalue weighted by molar-refractivity contribution is -0.142. The Labute approximate surface area is 285 Å². The second-order valence-corrected chi connectivity index (χ2v) is 16.9. The van der Waals surface area contributed by atoms with E-state index in [0.717, 1.165) is 38.5 Å². The molecule has 48 heavy (non-hydrogen) atoms. The van der Waals surface area contributed by atoms with Gasteiger partial charge in [-0.3, -0.25) is 24.0 Å². The van der Waals surface area contributed by atoms with Crippen molar-refractivity contribution in [2.75, 3.05) is 32.7 Å². The van der Waals surface area contributed by atoms with Gasteiger partial charge in [-0.15, -0.1) is 0 Å². The van der Waals surface area contributed by atoms with Crippen molar-refractivity contribution in [3.63, 3.8) is 0 Å². The fourth-order valence-electron chi connectivity index (χ4n) is 7.75. The monoisotopic (exact) mass is 673 g/mol. The molecule has 6 amide bonds. The van der Waals surface area contributed by atoms with Crippen LogP contribution in [0.2, 0.25) is 0 Å². The fourth-order valence-corrected chi connectivity index (χ4v) is 7.75. The van der Waals surface area contributed by atoms with Crippen LogP contribution >= 0.6 is 0 Å². The van der Waals surface area contributed by atoms with Gasteiger partial charge in [-0.1, -0.05) is 60.3 Å². The van der Waals surface area contributed by atoms with E-state index < -0.39 is 58.6 Å². The third kappa shape index (κ3) is 8.49. The first-order valence-corrected chi connectivity index (χ1v) is 17.8. The van der Waals surface area contributed by atoms with Crippen LogP contribution in [-0.2, 0) is 24.0 Å². The molecule has 4 rings (SSSR count). The number of hydrogen-bond acceptors (Lipinski definition) is 7. The van der Waals surface area contributed by atoms with Gasteiger partial charge < -0.3 is 36.8 Å². The number of ketones is 1. The Hall–Kier alpha value is -3.22.